The van der Waals surface area contributed by atoms with Crippen molar-refractivity contribution < 1.29 is 23.7 Å². The summed E-state index contributed by atoms with van der Waals surface area (Å²) < 4.78 is 14.9. The molecule has 7 nitrogen and oxygen atoms in total. The van der Waals surface area contributed by atoms with Gasteiger partial charge in [-0.3, -0.25) is 9.59 Å². The van der Waals surface area contributed by atoms with Crippen molar-refractivity contribution in [2.75, 3.05) is 13.2 Å². The van der Waals surface area contributed by atoms with Crippen LogP contribution in [0.1, 0.15) is 39.1 Å². The van der Waals surface area contributed by atoms with Gasteiger partial charge in [0.15, 0.2) is 5.41 Å². The summed E-state index contributed by atoms with van der Waals surface area (Å²) >= 11 is 0. The average Bonchev–Trinajstić information content (AvgIpc) is 2.81. The third-order valence-electron chi connectivity index (χ3n) is 3.46. The number of nitrogens with zero attached hydrogens (tertiary/aromatic N) is 2. The summed E-state index contributed by atoms with van der Waals surface area (Å²) in [7, 11) is 0. The summed E-state index contributed by atoms with van der Waals surface area (Å²) in [5.74, 6) is -1.55. The van der Waals surface area contributed by atoms with Gasteiger partial charge < -0.3 is 9.47 Å². The molecule has 118 valence electrons. The van der Waals surface area contributed by atoms with Crippen LogP contribution in [0, 0.1) is 18.3 Å². The fraction of sp³-hybridized carbons (Fsp3) is 0.714. The Bertz CT molecular complexity index is 477. The Morgan fingerprint density at radius 1 is 1.14 bits per heavy atom. The minimum Gasteiger partial charge on any atom is -0.465 e. The van der Waals surface area contributed by atoms with Gasteiger partial charge in [-0.1, -0.05) is 24.2 Å². The van der Waals surface area contributed by atoms with Crippen molar-refractivity contribution in [3.8, 4) is 0 Å². The molecule has 1 heterocycles. The van der Waals surface area contributed by atoms with Crippen molar-refractivity contribution in [1.29, 1.82) is 0 Å². The molecule has 0 N–H and O–H groups in total. The lowest BCUT2D eigenvalue weighted by atomic mass is 9.73. The van der Waals surface area contributed by atoms with Crippen molar-refractivity contribution in [3.63, 3.8) is 0 Å². The minimum atomic E-state index is -1.45. The maximum absolute atomic E-state index is 12.5. The molecule has 1 aromatic rings. The van der Waals surface area contributed by atoms with E-state index < -0.39 is 17.4 Å². The number of aryl methyl sites for hydroxylation is 1. The predicted octanol–water partition coefficient (Wildman–Crippen LogP) is 1.69. The molecule has 0 atom stereocenters. The lowest BCUT2D eigenvalue weighted by Crippen LogP contribution is -2.48. The average molecular weight is 298 g/mol. The zero-order valence-corrected chi connectivity index (χ0v) is 13.1. The molecule has 0 bridgehead atoms. The summed E-state index contributed by atoms with van der Waals surface area (Å²) in [6, 6.07) is 0. The first-order valence-electron chi connectivity index (χ1n) is 7.02. The Hall–Kier alpha value is -1.92. The Morgan fingerprint density at radius 2 is 1.67 bits per heavy atom. The van der Waals surface area contributed by atoms with Crippen LogP contribution in [0.25, 0.3) is 0 Å². The zero-order valence-electron chi connectivity index (χ0n) is 13.1. The van der Waals surface area contributed by atoms with E-state index in [1.807, 2.05) is 0 Å². The number of rotatable bonds is 7. The third kappa shape index (κ3) is 3.40. The van der Waals surface area contributed by atoms with Crippen LogP contribution >= 0.6 is 0 Å². The Labute approximate surface area is 123 Å². The van der Waals surface area contributed by atoms with Crippen LogP contribution in [0.4, 0.5) is 0 Å². The van der Waals surface area contributed by atoms with Crippen LogP contribution in [0.2, 0.25) is 0 Å². The van der Waals surface area contributed by atoms with Crippen LogP contribution in [0.5, 0.6) is 0 Å². The van der Waals surface area contributed by atoms with Gasteiger partial charge in [0.05, 0.1) is 13.2 Å². The zero-order chi connectivity index (χ0) is 16.0. The Balaban J connectivity index is 3.26. The number of carbonyl (C=O) groups is 2. The first kappa shape index (κ1) is 17.1. The van der Waals surface area contributed by atoms with Crippen molar-refractivity contribution >= 4 is 11.9 Å². The smallest absolute Gasteiger partial charge is 0.324 e. The topological polar surface area (TPSA) is 91.5 Å². The van der Waals surface area contributed by atoms with Gasteiger partial charge in [-0.2, -0.15) is 0 Å². The van der Waals surface area contributed by atoms with Gasteiger partial charge in [0, 0.05) is 6.42 Å². The van der Waals surface area contributed by atoms with E-state index in [9.17, 15) is 9.59 Å². The summed E-state index contributed by atoms with van der Waals surface area (Å²) in [5.41, 5.74) is -0.464. The number of carbonyl (C=O) groups excluding carboxylic acids is 2. The van der Waals surface area contributed by atoms with Crippen LogP contribution in [-0.4, -0.2) is 35.5 Å². The van der Waals surface area contributed by atoms with E-state index in [0.29, 0.717) is 11.4 Å². The molecule has 21 heavy (non-hydrogen) atoms. The highest BCUT2D eigenvalue weighted by atomic mass is 16.6. The number of ether oxygens (including phenoxy) is 2. The highest BCUT2D eigenvalue weighted by Gasteiger charge is 2.52. The van der Waals surface area contributed by atoms with Gasteiger partial charge in [-0.05, 0) is 26.7 Å². The molecule has 0 fully saturated rings. The molecule has 7 heteroatoms. The van der Waals surface area contributed by atoms with Gasteiger partial charge in [0.25, 0.3) is 0 Å². The van der Waals surface area contributed by atoms with Crippen molar-refractivity contribution in [2.24, 2.45) is 11.3 Å². The maximum Gasteiger partial charge on any atom is 0.324 e. The highest BCUT2D eigenvalue weighted by molar-refractivity contribution is 6.00. The van der Waals surface area contributed by atoms with E-state index in [1.54, 1.807) is 34.6 Å². The molecule has 0 spiro atoms. The molecule has 0 unspecified atom stereocenters. The Morgan fingerprint density at radius 3 is 2.00 bits per heavy atom. The van der Waals surface area contributed by atoms with E-state index >= 15 is 0 Å². The standard InChI is InChI=1S/C14H22N2O5/c1-6-19-12(17)14(9(3)4,13(18)20-7-2)8-11-10(5)15-21-16-11/h9H,6-8H2,1-5H3. The second-order valence-electron chi connectivity index (χ2n) is 5.04. The van der Waals surface area contributed by atoms with Gasteiger partial charge in [0.2, 0.25) is 0 Å². The summed E-state index contributed by atoms with van der Waals surface area (Å²) in [4.78, 5) is 24.9. The Kier molecular flexibility index (Phi) is 5.87. The van der Waals surface area contributed by atoms with Crippen molar-refractivity contribution in [1.82, 2.24) is 10.3 Å². The fourth-order valence-corrected chi connectivity index (χ4v) is 2.10. The molecule has 0 aliphatic carbocycles. The third-order valence-corrected chi connectivity index (χ3v) is 3.46. The first-order chi connectivity index (χ1) is 9.90. The molecule has 1 aromatic heterocycles. The molecule has 0 aliphatic heterocycles. The van der Waals surface area contributed by atoms with Crippen LogP contribution in [0.3, 0.4) is 0 Å². The number of hydrogen-bond acceptors (Lipinski definition) is 7. The van der Waals surface area contributed by atoms with Gasteiger partial charge >= 0.3 is 11.9 Å². The van der Waals surface area contributed by atoms with E-state index in [-0.39, 0.29) is 25.6 Å². The number of esters is 2. The largest absolute Gasteiger partial charge is 0.465 e. The second kappa shape index (κ2) is 7.19. The molecule has 0 radical (unpaired) electrons. The number of hydrogen-bond donors (Lipinski definition) is 0. The highest BCUT2D eigenvalue weighted by Crippen LogP contribution is 2.35. The summed E-state index contributed by atoms with van der Waals surface area (Å²) in [6.45, 7) is 9.00. The predicted molar refractivity (Wildman–Crippen MR) is 73.3 cm³/mol. The van der Waals surface area contributed by atoms with Gasteiger partial charge in [-0.15, -0.1) is 0 Å². The molecule has 0 aliphatic rings. The SMILES string of the molecule is CCOC(=O)C(Cc1nonc1C)(C(=O)OCC)C(C)C. The molecule has 0 saturated heterocycles. The molecular weight excluding hydrogens is 276 g/mol. The molecule has 1 rings (SSSR count). The van der Waals surface area contributed by atoms with Crippen molar-refractivity contribution in [2.45, 2.75) is 41.0 Å². The van der Waals surface area contributed by atoms with E-state index in [4.69, 9.17) is 9.47 Å². The first-order valence-corrected chi connectivity index (χ1v) is 7.02. The molecule has 0 saturated carbocycles. The quantitative estimate of drug-likeness (QED) is 0.558. The van der Waals surface area contributed by atoms with Crippen LogP contribution < -0.4 is 0 Å². The number of aromatic nitrogens is 2. The maximum atomic E-state index is 12.5. The summed E-state index contributed by atoms with van der Waals surface area (Å²) in [6.07, 6.45) is 0.0394. The molecule has 0 amide bonds. The van der Waals surface area contributed by atoms with Crippen molar-refractivity contribution in [3.05, 3.63) is 11.4 Å². The lowest BCUT2D eigenvalue weighted by Gasteiger charge is -2.31. The lowest BCUT2D eigenvalue weighted by molar-refractivity contribution is -0.176. The van der Waals surface area contributed by atoms with E-state index in [2.05, 4.69) is 14.9 Å². The minimum absolute atomic E-state index is 0.0394. The summed E-state index contributed by atoms with van der Waals surface area (Å²) in [5, 5.41) is 7.45. The normalized spacial score (nSPS) is 11.5. The van der Waals surface area contributed by atoms with Crippen LogP contribution in [-0.2, 0) is 25.5 Å². The fourth-order valence-electron chi connectivity index (χ4n) is 2.10. The monoisotopic (exact) mass is 298 g/mol. The second-order valence-corrected chi connectivity index (χ2v) is 5.04. The molecular formula is C14H22N2O5. The van der Waals surface area contributed by atoms with Gasteiger partial charge in [-0.25, -0.2) is 4.63 Å². The van der Waals surface area contributed by atoms with E-state index in [1.165, 1.54) is 0 Å². The van der Waals surface area contributed by atoms with Crippen LogP contribution in [0.15, 0.2) is 4.63 Å². The molecule has 0 aromatic carbocycles. The van der Waals surface area contributed by atoms with Gasteiger partial charge in [0.1, 0.15) is 11.4 Å². The van der Waals surface area contributed by atoms with E-state index in [0.717, 1.165) is 0 Å².